The van der Waals surface area contributed by atoms with E-state index in [1.54, 1.807) is 88.4 Å². The minimum Gasteiger partial charge on any atom is -0.480 e. The van der Waals surface area contributed by atoms with Crippen LogP contribution in [0.2, 0.25) is 0 Å². The second-order valence-electron chi connectivity index (χ2n) is 29.3. The maximum Gasteiger partial charge on any atom is 0.417 e. The van der Waals surface area contributed by atoms with E-state index >= 15 is 0 Å². The van der Waals surface area contributed by atoms with E-state index in [2.05, 4.69) is 15.4 Å². The first kappa shape index (κ1) is 92.4. The van der Waals surface area contributed by atoms with Crippen LogP contribution in [0.3, 0.4) is 0 Å². The van der Waals surface area contributed by atoms with Gasteiger partial charge in [0.1, 0.15) is 41.3 Å². The highest BCUT2D eigenvalue weighted by atomic mass is 32.2. The monoisotopic (exact) mass is 1680 g/mol. The molecular weight excluding hydrogens is 1570 g/mol. The number of benzene rings is 6. The number of nitrogens with zero attached hydrogens (tertiary/aromatic N) is 2. The third kappa shape index (κ3) is 29.5. The molecule has 4 aliphatic rings. The predicted octanol–water partition coefficient (Wildman–Crippen LogP) is 10.5. The molecule has 0 saturated carbocycles. The Balaban J connectivity index is 0.000000262. The fraction of sp³-hybridized carbons (Fsp3) is 0.500. The van der Waals surface area contributed by atoms with Crippen molar-refractivity contribution in [3.8, 4) is 23.0 Å². The van der Waals surface area contributed by atoms with Gasteiger partial charge in [-0.05, 0) is 163 Å². The minimum atomic E-state index is -4.20. The molecule has 0 radical (unpaired) electrons. The molecule has 0 aromatic heterocycles. The Morgan fingerprint density at radius 2 is 0.852 bits per heavy atom. The fourth-order valence-corrected chi connectivity index (χ4v) is 18.0. The van der Waals surface area contributed by atoms with Crippen LogP contribution in [0.1, 0.15) is 93.2 Å². The van der Waals surface area contributed by atoms with Crippen LogP contribution < -0.4 is 29.2 Å². The number of hydrogen-bond donors (Lipinski definition) is 6. The number of carbonyl (C=O) groups excluding carboxylic acids is 4. The summed E-state index contributed by atoms with van der Waals surface area (Å²) in [6.07, 6.45) is -8.21. The molecule has 14 atom stereocenters. The molecule has 4 saturated heterocycles. The van der Waals surface area contributed by atoms with Gasteiger partial charge in [-0.15, -0.1) is 0 Å². The van der Waals surface area contributed by atoms with Crippen LogP contribution in [0.25, 0.3) is 0 Å². The summed E-state index contributed by atoms with van der Waals surface area (Å²) in [5.74, 6) is -0.915. The summed E-state index contributed by atoms with van der Waals surface area (Å²) in [5, 5.41) is 37.3. The van der Waals surface area contributed by atoms with Gasteiger partial charge in [0, 0.05) is 26.2 Å². The van der Waals surface area contributed by atoms with Gasteiger partial charge in [-0.2, -0.15) is 8.61 Å². The van der Waals surface area contributed by atoms with E-state index in [1.165, 1.54) is 71.0 Å². The molecule has 6 N–H and O–H groups in total. The maximum atomic E-state index is 14.1. The summed E-state index contributed by atoms with van der Waals surface area (Å²) in [7, 11) is -16.6. The van der Waals surface area contributed by atoms with Crippen LogP contribution in [0.4, 0.5) is 9.59 Å². The number of aliphatic hydroxyl groups is 3. The molecule has 4 fully saturated rings. The Labute approximate surface area is 672 Å². The first-order chi connectivity index (χ1) is 54.5. The van der Waals surface area contributed by atoms with E-state index < -0.39 is 139 Å². The number of carbonyl (C=O) groups is 4. The zero-order chi connectivity index (χ0) is 83.6. The van der Waals surface area contributed by atoms with Crippen molar-refractivity contribution in [1.29, 1.82) is 0 Å². The zero-order valence-corrected chi connectivity index (χ0v) is 69.5. The molecule has 4 aliphatic heterocycles. The SMILES string of the molecule is CC(C)CN(C[C@@H](O)[C@H](Cc1ccccc1)NC(=O)O[C@H]1CO[C@H]2OCC[C@H]21)S(=O)(=O)c1ccc(OCP(=O)(O)Oc2ccccc2)cc1.CC(C)CN(C[C@@H](O)[C@H](Cc1ccccc1)NC(=O)O[C@H]1CO[C@H]2OCC[C@H]21)S(=O)(=O)c1ccc(OCP(=O)(Oc2ccccc2)O[C@@H](C)C(=O)OC(C)C)cc1.CC(C)OC(=O)[C@H](C)O. The van der Waals surface area contributed by atoms with E-state index in [9.17, 15) is 60.3 Å². The number of aliphatic hydroxyl groups excluding tert-OH is 3. The highest BCUT2D eigenvalue weighted by Gasteiger charge is 2.46. The molecule has 0 spiro atoms. The summed E-state index contributed by atoms with van der Waals surface area (Å²) in [4.78, 5) is 59.3. The summed E-state index contributed by atoms with van der Waals surface area (Å²) in [5.41, 5.74) is 1.65. The number of fused-ring (bicyclic) bond motifs is 2. The highest BCUT2D eigenvalue weighted by Crippen LogP contribution is 2.50. The van der Waals surface area contributed by atoms with E-state index in [0.29, 0.717) is 26.1 Å². The Bertz CT molecular complexity index is 4340. The lowest BCUT2D eigenvalue weighted by Gasteiger charge is -2.31. The van der Waals surface area contributed by atoms with E-state index in [-0.39, 0.29) is 115 Å². The van der Waals surface area contributed by atoms with Crippen LogP contribution in [0.5, 0.6) is 23.0 Å². The number of amides is 2. The van der Waals surface area contributed by atoms with Gasteiger partial charge in [-0.1, -0.05) is 125 Å². The number of rotatable bonds is 38. The van der Waals surface area contributed by atoms with Gasteiger partial charge in [0.05, 0.1) is 84.6 Å². The lowest BCUT2D eigenvalue weighted by atomic mass is 10.0. The average Bonchev–Trinajstić information content (AvgIpc) is 1.71. The van der Waals surface area contributed by atoms with Crippen LogP contribution in [-0.2, 0) is 94.0 Å². The van der Waals surface area contributed by atoms with Crippen LogP contribution >= 0.6 is 15.2 Å². The molecule has 6 aromatic carbocycles. The molecule has 6 aromatic rings. The number of ether oxygens (including phenoxy) is 10. The van der Waals surface area contributed by atoms with Crippen molar-refractivity contribution in [2.24, 2.45) is 23.7 Å². The van der Waals surface area contributed by atoms with Gasteiger partial charge in [-0.3, -0.25) is 4.52 Å². The van der Waals surface area contributed by atoms with Crippen molar-refractivity contribution in [3.63, 3.8) is 0 Å². The Morgan fingerprint density at radius 1 is 0.478 bits per heavy atom. The summed E-state index contributed by atoms with van der Waals surface area (Å²) in [6.45, 7) is 18.0. The standard InChI is InChI=1S/C40H53N2O13PS.C34H43N2O11PS.C6H12O3/c1-27(2)23-42(24-36(43)35(22-30-12-8-6-9-13-30)41-40(45)53-37-25-50-39-34(37)20-21-49-39)57(47,48)33-18-16-31(17-19-33)51-26-56(46,55-32-14-10-7-11-15-32)54-29(5)38(44)52-28(3)4;1-24(2)20-36(49(41,42)28-15-13-26(14-16-28)45-23-48(39,40)47-27-11-7-4-8-12-27)21-31(37)30(19-25-9-5-3-6-10-25)35-34(38)46-32-22-44-33-29(32)17-18-43-33;1-4(2)9-6(8)5(3)7/h6-19,27-29,34-37,39,43H,20-26H2,1-5H3,(H,41,45);3-16,24,29-33,37H,17-23H2,1-2H3,(H,35,38)(H,39,40);4-5,7H,1-3H3/t29-,34-,35-,36+,37-,39+,56?;29-,30-,31+,32-,33+;5-/m000/s1. The molecule has 0 aliphatic carbocycles. The van der Waals surface area contributed by atoms with E-state index in [0.717, 1.165) is 11.1 Å². The second kappa shape index (κ2) is 43.9. The topological polar surface area (TPSA) is 402 Å². The van der Waals surface area contributed by atoms with Crippen molar-refractivity contribution in [3.05, 3.63) is 181 Å². The van der Waals surface area contributed by atoms with Gasteiger partial charge >= 0.3 is 39.3 Å². The van der Waals surface area contributed by atoms with Crippen molar-refractivity contribution in [2.75, 3.05) is 65.3 Å². The lowest BCUT2D eigenvalue weighted by molar-refractivity contribution is -0.156. The smallest absolute Gasteiger partial charge is 0.417 e. The van der Waals surface area contributed by atoms with Gasteiger partial charge in [0.2, 0.25) is 26.4 Å². The first-order valence-electron chi connectivity index (χ1n) is 38.0. The minimum absolute atomic E-state index is 0.0669. The number of esters is 2. The molecule has 10 rings (SSSR count). The molecular formula is C80H108N4O27P2S2. The average molecular weight is 1680 g/mol. The second-order valence-corrected chi connectivity index (χ2v) is 36.8. The molecule has 2 amide bonds. The van der Waals surface area contributed by atoms with Gasteiger partial charge < -0.3 is 87.3 Å². The highest BCUT2D eigenvalue weighted by molar-refractivity contribution is 7.89. The van der Waals surface area contributed by atoms with Crippen molar-refractivity contribution < 1.29 is 126 Å². The predicted molar refractivity (Wildman–Crippen MR) is 422 cm³/mol. The number of hydrogen-bond acceptors (Lipinski definition) is 26. The molecule has 2 unspecified atom stereocenters. The Hall–Kier alpha value is -8.08. The van der Waals surface area contributed by atoms with Crippen molar-refractivity contribution in [1.82, 2.24) is 19.2 Å². The van der Waals surface area contributed by atoms with Crippen molar-refractivity contribution >= 4 is 59.4 Å². The molecule has 632 valence electrons. The van der Waals surface area contributed by atoms with Crippen LogP contribution in [0.15, 0.2) is 180 Å². The van der Waals surface area contributed by atoms with Gasteiger partial charge in [0.15, 0.2) is 25.0 Å². The summed E-state index contributed by atoms with van der Waals surface area (Å²) >= 11 is 0. The number of para-hydroxylation sites is 2. The Morgan fingerprint density at radius 3 is 1.23 bits per heavy atom. The number of nitrogens with one attached hydrogen (secondary N) is 2. The largest absolute Gasteiger partial charge is 0.480 e. The quantitative estimate of drug-likeness (QED) is 0.0119. The van der Waals surface area contributed by atoms with Gasteiger partial charge in [0.25, 0.3) is 0 Å². The van der Waals surface area contributed by atoms with E-state index in [1.807, 2.05) is 88.4 Å². The molecule has 115 heavy (non-hydrogen) atoms. The molecule has 31 nitrogen and oxygen atoms in total. The van der Waals surface area contributed by atoms with Crippen LogP contribution in [-0.4, -0.2) is 209 Å². The van der Waals surface area contributed by atoms with Crippen LogP contribution in [0, 0.1) is 23.7 Å². The first-order valence-corrected chi connectivity index (χ1v) is 44.4. The number of sulfonamides is 2. The summed E-state index contributed by atoms with van der Waals surface area (Å²) < 4.78 is 156. The molecule has 4 heterocycles. The lowest BCUT2D eigenvalue weighted by Crippen LogP contribution is -2.51. The molecule has 0 bridgehead atoms. The zero-order valence-electron chi connectivity index (χ0n) is 66.1. The molecule has 35 heteroatoms. The maximum absolute atomic E-state index is 14.1. The Kier molecular flexibility index (Phi) is 35.3. The normalized spacial score (nSPS) is 20.5. The van der Waals surface area contributed by atoms with Crippen molar-refractivity contribution in [2.45, 2.75) is 178 Å². The fourth-order valence-electron chi connectivity index (χ4n) is 12.4. The number of alkyl carbamates (subject to hydrolysis) is 2. The van der Waals surface area contributed by atoms with E-state index in [4.69, 9.17) is 61.3 Å². The third-order valence-corrected chi connectivity index (χ3v) is 24.1. The summed E-state index contributed by atoms with van der Waals surface area (Å²) in [6, 6.07) is 43.9. The van der Waals surface area contributed by atoms with Gasteiger partial charge in [-0.25, -0.2) is 45.1 Å². The third-order valence-electron chi connectivity index (χ3n) is 17.9.